The molecule has 0 aliphatic rings. The molecular formula is C20H42. The van der Waals surface area contributed by atoms with E-state index in [2.05, 4.69) is 27.7 Å². The highest BCUT2D eigenvalue weighted by Crippen LogP contribution is 2.22. The van der Waals surface area contributed by atoms with E-state index in [1.807, 2.05) is 0 Å². The molecule has 0 aromatic rings. The second-order valence-electron chi connectivity index (χ2n) is 7.21. The van der Waals surface area contributed by atoms with E-state index in [1.54, 1.807) is 0 Å². The third-order valence-corrected chi connectivity index (χ3v) is 4.66. The number of hydrogen-bond donors (Lipinski definition) is 0. The predicted molar refractivity (Wildman–Crippen MR) is 94.3 cm³/mol. The Kier molecular flexibility index (Phi) is 15.4. The molecule has 2 atom stereocenters. The minimum absolute atomic E-state index is 0.951. The van der Waals surface area contributed by atoms with Crippen molar-refractivity contribution in [1.29, 1.82) is 0 Å². The zero-order valence-corrected chi connectivity index (χ0v) is 15.1. The molecule has 2 unspecified atom stereocenters. The normalized spacial score (nSPS) is 14.4. The largest absolute Gasteiger partial charge is 0.0654 e. The molecule has 0 spiro atoms. The smallest absolute Gasteiger partial charge is 0.0440 e. The molecule has 0 heteroatoms. The molecule has 0 aromatic carbocycles. The highest BCUT2D eigenvalue weighted by molar-refractivity contribution is 4.61. The lowest BCUT2D eigenvalue weighted by atomic mass is 9.89. The first-order valence-corrected chi connectivity index (χ1v) is 9.70. The minimum Gasteiger partial charge on any atom is -0.0654 e. The zero-order valence-electron chi connectivity index (χ0n) is 15.1. The topological polar surface area (TPSA) is 0 Å². The Hall–Kier alpha value is 0. The van der Waals surface area contributed by atoms with E-state index in [0.717, 1.165) is 11.8 Å². The molecule has 0 aromatic heterocycles. The van der Waals surface area contributed by atoms with Crippen LogP contribution in [-0.4, -0.2) is 0 Å². The molecule has 122 valence electrons. The van der Waals surface area contributed by atoms with Crippen molar-refractivity contribution in [2.75, 3.05) is 0 Å². The first-order chi connectivity index (χ1) is 9.70. The fourth-order valence-electron chi connectivity index (χ4n) is 3.29. The molecule has 0 saturated heterocycles. The second kappa shape index (κ2) is 15.4. The van der Waals surface area contributed by atoms with Crippen LogP contribution in [-0.2, 0) is 0 Å². The maximum Gasteiger partial charge on any atom is -0.0440 e. The lowest BCUT2D eigenvalue weighted by molar-refractivity contribution is 0.356. The van der Waals surface area contributed by atoms with Crippen molar-refractivity contribution in [2.24, 2.45) is 11.8 Å². The van der Waals surface area contributed by atoms with E-state index in [-0.39, 0.29) is 0 Å². The van der Waals surface area contributed by atoms with Crippen molar-refractivity contribution in [1.82, 2.24) is 0 Å². The van der Waals surface area contributed by atoms with Gasteiger partial charge >= 0.3 is 0 Å². The summed E-state index contributed by atoms with van der Waals surface area (Å²) in [5.74, 6) is 1.90. The first kappa shape index (κ1) is 20.0. The number of rotatable bonds is 15. The lowest BCUT2D eigenvalue weighted by Crippen LogP contribution is -2.03. The quantitative estimate of drug-likeness (QED) is 0.269. The van der Waals surface area contributed by atoms with Crippen LogP contribution < -0.4 is 0 Å². The molecule has 0 nitrogen and oxygen atoms in total. The van der Waals surface area contributed by atoms with E-state index < -0.39 is 0 Å². The van der Waals surface area contributed by atoms with Gasteiger partial charge in [0.25, 0.3) is 0 Å². The second-order valence-corrected chi connectivity index (χ2v) is 7.21. The van der Waals surface area contributed by atoms with Crippen LogP contribution in [0.25, 0.3) is 0 Å². The van der Waals surface area contributed by atoms with Gasteiger partial charge in [-0.1, -0.05) is 111 Å². The van der Waals surface area contributed by atoms with Gasteiger partial charge in [-0.05, 0) is 18.3 Å². The average molecular weight is 283 g/mol. The third kappa shape index (κ3) is 14.4. The fourth-order valence-corrected chi connectivity index (χ4v) is 3.29. The van der Waals surface area contributed by atoms with E-state index in [4.69, 9.17) is 0 Å². The molecule has 0 amide bonds. The van der Waals surface area contributed by atoms with Crippen molar-refractivity contribution < 1.29 is 0 Å². The number of unbranched alkanes of at least 4 members (excludes halogenated alkanes) is 9. The highest BCUT2D eigenvalue weighted by atomic mass is 14.1. The summed E-state index contributed by atoms with van der Waals surface area (Å²) in [6.45, 7) is 9.54. The Balaban J connectivity index is 3.33. The fraction of sp³-hybridized carbons (Fsp3) is 1.00. The Bertz CT molecular complexity index is 173. The van der Waals surface area contributed by atoms with Crippen LogP contribution in [0.2, 0.25) is 0 Å². The van der Waals surface area contributed by atoms with E-state index in [9.17, 15) is 0 Å². The molecule has 0 bridgehead atoms. The van der Waals surface area contributed by atoms with Crippen molar-refractivity contribution in [3.05, 3.63) is 0 Å². The van der Waals surface area contributed by atoms with Gasteiger partial charge in [-0.25, -0.2) is 0 Å². The molecule has 0 N–H and O–H groups in total. The van der Waals surface area contributed by atoms with Gasteiger partial charge in [0, 0.05) is 0 Å². The molecular weight excluding hydrogens is 240 g/mol. The van der Waals surface area contributed by atoms with Gasteiger partial charge in [0.05, 0.1) is 0 Å². The summed E-state index contributed by atoms with van der Waals surface area (Å²) in [7, 11) is 0. The molecule has 0 aliphatic heterocycles. The highest BCUT2D eigenvalue weighted by Gasteiger charge is 2.08. The summed E-state index contributed by atoms with van der Waals surface area (Å²) in [6.07, 6.45) is 20.2. The van der Waals surface area contributed by atoms with Crippen LogP contribution in [0, 0.1) is 11.8 Å². The van der Waals surface area contributed by atoms with Crippen molar-refractivity contribution >= 4 is 0 Å². The average Bonchev–Trinajstić information content (AvgIpc) is 2.42. The summed E-state index contributed by atoms with van der Waals surface area (Å²) < 4.78 is 0. The minimum atomic E-state index is 0.951. The third-order valence-electron chi connectivity index (χ3n) is 4.66. The van der Waals surface area contributed by atoms with E-state index >= 15 is 0 Å². The maximum atomic E-state index is 2.47. The molecule has 20 heavy (non-hydrogen) atoms. The summed E-state index contributed by atoms with van der Waals surface area (Å²) in [5.41, 5.74) is 0. The van der Waals surface area contributed by atoms with Crippen LogP contribution >= 0.6 is 0 Å². The summed E-state index contributed by atoms with van der Waals surface area (Å²) in [5, 5.41) is 0. The van der Waals surface area contributed by atoms with Crippen LogP contribution in [0.1, 0.15) is 118 Å². The van der Waals surface area contributed by atoms with Gasteiger partial charge in [-0.2, -0.15) is 0 Å². The van der Waals surface area contributed by atoms with Crippen molar-refractivity contribution in [3.8, 4) is 0 Å². The number of hydrogen-bond acceptors (Lipinski definition) is 0. The van der Waals surface area contributed by atoms with Crippen LogP contribution in [0.3, 0.4) is 0 Å². The van der Waals surface area contributed by atoms with Crippen LogP contribution in [0.4, 0.5) is 0 Å². The van der Waals surface area contributed by atoms with Gasteiger partial charge in [0.1, 0.15) is 0 Å². The van der Waals surface area contributed by atoms with Gasteiger partial charge in [0.2, 0.25) is 0 Å². The zero-order chi connectivity index (χ0) is 15.1. The Morgan fingerprint density at radius 2 is 0.850 bits per heavy atom. The van der Waals surface area contributed by atoms with E-state index in [1.165, 1.54) is 89.9 Å². The Labute approximate surface area is 130 Å². The Morgan fingerprint density at radius 1 is 0.500 bits per heavy atom. The van der Waals surface area contributed by atoms with Gasteiger partial charge in [-0.3, -0.25) is 0 Å². The van der Waals surface area contributed by atoms with E-state index in [0.29, 0.717) is 0 Å². The monoisotopic (exact) mass is 282 g/mol. The van der Waals surface area contributed by atoms with Crippen LogP contribution in [0.5, 0.6) is 0 Å². The van der Waals surface area contributed by atoms with Gasteiger partial charge < -0.3 is 0 Å². The molecule has 0 aliphatic carbocycles. The predicted octanol–water partition coefficient (Wildman–Crippen LogP) is 7.76. The first-order valence-electron chi connectivity index (χ1n) is 9.70. The Morgan fingerprint density at radius 3 is 1.25 bits per heavy atom. The van der Waals surface area contributed by atoms with Crippen molar-refractivity contribution in [2.45, 2.75) is 118 Å². The molecule has 0 saturated carbocycles. The standard InChI is InChI=1S/C20H42/c1-5-7-9-11-13-15-17-20(4)18-19(3)16-14-12-10-8-6-2/h19-20H,5-18H2,1-4H3. The lowest BCUT2D eigenvalue weighted by Gasteiger charge is -2.17. The summed E-state index contributed by atoms with van der Waals surface area (Å²) in [4.78, 5) is 0. The van der Waals surface area contributed by atoms with Gasteiger partial charge in [0.15, 0.2) is 0 Å². The summed E-state index contributed by atoms with van der Waals surface area (Å²) in [6, 6.07) is 0. The van der Waals surface area contributed by atoms with Gasteiger partial charge in [-0.15, -0.1) is 0 Å². The van der Waals surface area contributed by atoms with Crippen molar-refractivity contribution in [3.63, 3.8) is 0 Å². The maximum absolute atomic E-state index is 2.47. The SMILES string of the molecule is CCCCCCCCC(C)CC(C)CCCCCCC. The molecule has 0 rings (SSSR count). The molecule has 0 heterocycles. The molecule has 0 radical (unpaired) electrons. The summed E-state index contributed by atoms with van der Waals surface area (Å²) >= 11 is 0. The molecule has 0 fully saturated rings. The van der Waals surface area contributed by atoms with Crippen LogP contribution in [0.15, 0.2) is 0 Å².